The summed E-state index contributed by atoms with van der Waals surface area (Å²) in [7, 11) is 0. The first kappa shape index (κ1) is 18.4. The smallest absolute Gasteiger partial charge is 0.00737 e. The van der Waals surface area contributed by atoms with E-state index in [0.29, 0.717) is 23.7 Å². The van der Waals surface area contributed by atoms with Gasteiger partial charge in [-0.2, -0.15) is 0 Å². The number of allylic oxidation sites excluding steroid dienone is 2. The summed E-state index contributed by atoms with van der Waals surface area (Å²) < 4.78 is 0. The fourth-order valence-electron chi connectivity index (χ4n) is 1.43. The van der Waals surface area contributed by atoms with E-state index in [1.807, 2.05) is 11.3 Å². The van der Waals surface area contributed by atoms with E-state index in [4.69, 9.17) is 0 Å². The summed E-state index contributed by atoms with van der Waals surface area (Å²) in [5.74, 6) is 2.79. The fraction of sp³-hybridized carbons (Fsp3) is 0.667. The van der Waals surface area contributed by atoms with E-state index in [9.17, 15) is 0 Å². The molecule has 0 aromatic carbocycles. The number of hydrogen-bond donors (Lipinski definition) is 0. The molecule has 1 aromatic heterocycles. The molecule has 0 aliphatic heterocycles. The van der Waals surface area contributed by atoms with Crippen molar-refractivity contribution >= 4 is 11.3 Å². The lowest BCUT2D eigenvalue weighted by Gasteiger charge is -2.00. The van der Waals surface area contributed by atoms with Crippen LogP contribution in [-0.2, 0) is 0 Å². The highest BCUT2D eigenvalue weighted by Crippen LogP contribution is 2.28. The minimum absolute atomic E-state index is 0.687. The third-order valence-corrected chi connectivity index (χ3v) is 4.35. The second kappa shape index (κ2) is 9.36. The zero-order chi connectivity index (χ0) is 15.0. The van der Waals surface area contributed by atoms with Gasteiger partial charge in [0.15, 0.2) is 0 Å². The Morgan fingerprint density at radius 2 is 1.00 bits per heavy atom. The van der Waals surface area contributed by atoms with Crippen LogP contribution in [-0.4, -0.2) is 0 Å². The Balaban J connectivity index is 0.000000362. The second-order valence-electron chi connectivity index (χ2n) is 6.42. The molecular weight excluding hydrogens is 248 g/mol. The summed E-state index contributed by atoms with van der Waals surface area (Å²) in [6.07, 6.45) is 4.48. The first-order valence-electron chi connectivity index (χ1n) is 7.52. The SMILES string of the molecule is CC(C)/C=C/C(C)C.CC(C)c1ccc(C(C)C)s1. The van der Waals surface area contributed by atoms with Crippen LogP contribution >= 0.6 is 11.3 Å². The van der Waals surface area contributed by atoms with E-state index in [1.165, 1.54) is 9.75 Å². The summed E-state index contributed by atoms with van der Waals surface area (Å²) in [5.41, 5.74) is 0. The highest BCUT2D eigenvalue weighted by atomic mass is 32.1. The van der Waals surface area contributed by atoms with Crippen molar-refractivity contribution in [3.8, 4) is 0 Å². The van der Waals surface area contributed by atoms with Crippen molar-refractivity contribution in [1.29, 1.82) is 0 Å². The van der Waals surface area contributed by atoms with E-state index in [1.54, 1.807) is 0 Å². The molecule has 0 aliphatic rings. The van der Waals surface area contributed by atoms with Crippen molar-refractivity contribution in [3.63, 3.8) is 0 Å². The molecule has 0 spiro atoms. The van der Waals surface area contributed by atoms with Crippen molar-refractivity contribution in [1.82, 2.24) is 0 Å². The first-order chi connectivity index (χ1) is 8.73. The molecule has 0 fully saturated rings. The van der Waals surface area contributed by atoms with Crippen LogP contribution < -0.4 is 0 Å². The highest BCUT2D eigenvalue weighted by Gasteiger charge is 2.05. The number of thiophene rings is 1. The minimum atomic E-state index is 0.687. The Kier molecular flexibility index (Phi) is 9.08. The predicted molar refractivity (Wildman–Crippen MR) is 91.3 cm³/mol. The third-order valence-electron chi connectivity index (χ3n) is 2.67. The van der Waals surface area contributed by atoms with Crippen molar-refractivity contribution in [2.24, 2.45) is 11.8 Å². The monoisotopic (exact) mass is 280 g/mol. The van der Waals surface area contributed by atoms with Gasteiger partial charge in [0.05, 0.1) is 0 Å². The molecule has 0 aliphatic carbocycles. The molecule has 1 rings (SSSR count). The minimum Gasteiger partial charge on any atom is -0.145 e. The van der Waals surface area contributed by atoms with Gasteiger partial charge >= 0.3 is 0 Å². The number of rotatable bonds is 4. The molecule has 0 nitrogen and oxygen atoms in total. The maximum absolute atomic E-state index is 2.25. The first-order valence-corrected chi connectivity index (χ1v) is 8.33. The molecule has 0 bridgehead atoms. The lowest BCUT2D eigenvalue weighted by Crippen LogP contribution is -1.81. The molecule has 19 heavy (non-hydrogen) atoms. The zero-order valence-electron chi connectivity index (χ0n) is 14.0. The standard InChI is InChI=1S/C10H16S.C8H16/c1-7(2)9-5-6-10(11-9)8(3)4;1-7(2)5-6-8(3)4/h5-8H,1-4H3;5-8H,1-4H3/b;6-5+. The maximum Gasteiger partial charge on any atom is 0.00737 e. The third kappa shape index (κ3) is 9.04. The van der Waals surface area contributed by atoms with Gasteiger partial charge in [-0.3, -0.25) is 0 Å². The van der Waals surface area contributed by atoms with Crippen LogP contribution in [0, 0.1) is 11.8 Å². The van der Waals surface area contributed by atoms with Crippen LogP contribution in [0.2, 0.25) is 0 Å². The van der Waals surface area contributed by atoms with Crippen LogP contribution in [0.25, 0.3) is 0 Å². The average molecular weight is 281 g/mol. The molecule has 0 saturated heterocycles. The van der Waals surface area contributed by atoms with Gasteiger partial charge in [0, 0.05) is 9.75 Å². The molecule has 1 heterocycles. The maximum atomic E-state index is 2.25. The van der Waals surface area contributed by atoms with E-state index >= 15 is 0 Å². The van der Waals surface area contributed by atoms with E-state index < -0.39 is 0 Å². The molecular formula is C18H32S. The quantitative estimate of drug-likeness (QED) is 0.529. The fourth-order valence-corrected chi connectivity index (χ4v) is 2.45. The molecule has 0 radical (unpaired) electrons. The van der Waals surface area contributed by atoms with Gasteiger partial charge in [-0.05, 0) is 35.8 Å². The van der Waals surface area contributed by atoms with Gasteiger partial charge in [0.25, 0.3) is 0 Å². The Morgan fingerprint density at radius 1 is 0.684 bits per heavy atom. The largest absolute Gasteiger partial charge is 0.145 e. The van der Waals surface area contributed by atoms with E-state index in [0.717, 1.165) is 0 Å². The van der Waals surface area contributed by atoms with Gasteiger partial charge in [-0.1, -0.05) is 67.5 Å². The zero-order valence-corrected chi connectivity index (χ0v) is 14.8. The van der Waals surface area contributed by atoms with Gasteiger partial charge in [-0.25, -0.2) is 0 Å². The topological polar surface area (TPSA) is 0 Å². The molecule has 0 atom stereocenters. The second-order valence-corrected chi connectivity index (χ2v) is 7.57. The van der Waals surface area contributed by atoms with E-state index in [-0.39, 0.29) is 0 Å². The Bertz CT molecular complexity index is 321. The average Bonchev–Trinajstić information content (AvgIpc) is 2.76. The van der Waals surface area contributed by atoms with Crippen molar-refractivity contribution in [3.05, 3.63) is 34.0 Å². The molecule has 1 heteroatoms. The van der Waals surface area contributed by atoms with Crippen LogP contribution in [0.3, 0.4) is 0 Å². The molecule has 110 valence electrons. The van der Waals surface area contributed by atoms with Crippen LogP contribution in [0.4, 0.5) is 0 Å². The predicted octanol–water partition coefficient (Wildman–Crippen LogP) is 6.85. The summed E-state index contributed by atoms with van der Waals surface area (Å²) in [4.78, 5) is 3.02. The molecule has 1 aromatic rings. The Morgan fingerprint density at radius 3 is 1.16 bits per heavy atom. The highest BCUT2D eigenvalue weighted by molar-refractivity contribution is 7.12. The normalized spacial score (nSPS) is 11.8. The van der Waals surface area contributed by atoms with Gasteiger partial charge in [0.1, 0.15) is 0 Å². The van der Waals surface area contributed by atoms with Crippen molar-refractivity contribution in [2.75, 3.05) is 0 Å². The lowest BCUT2D eigenvalue weighted by molar-refractivity contribution is 0.780. The summed E-state index contributed by atoms with van der Waals surface area (Å²) in [5, 5.41) is 0. The Labute approximate surface area is 124 Å². The molecule has 0 N–H and O–H groups in total. The van der Waals surface area contributed by atoms with Crippen molar-refractivity contribution < 1.29 is 0 Å². The van der Waals surface area contributed by atoms with Crippen molar-refractivity contribution in [2.45, 2.75) is 67.2 Å². The van der Waals surface area contributed by atoms with Gasteiger partial charge < -0.3 is 0 Å². The molecule has 0 unspecified atom stereocenters. The summed E-state index contributed by atoms with van der Waals surface area (Å²) in [6.45, 7) is 17.8. The van der Waals surface area contributed by atoms with Crippen LogP contribution in [0.5, 0.6) is 0 Å². The van der Waals surface area contributed by atoms with Gasteiger partial charge in [-0.15, -0.1) is 11.3 Å². The molecule has 0 saturated carbocycles. The van der Waals surface area contributed by atoms with Gasteiger partial charge in [0.2, 0.25) is 0 Å². The van der Waals surface area contributed by atoms with E-state index in [2.05, 4.69) is 79.7 Å². The summed E-state index contributed by atoms with van der Waals surface area (Å²) >= 11 is 1.95. The lowest BCUT2D eigenvalue weighted by atomic mass is 10.1. The number of hydrogen-bond acceptors (Lipinski definition) is 1. The molecule has 0 amide bonds. The van der Waals surface area contributed by atoms with Crippen LogP contribution in [0.1, 0.15) is 77.0 Å². The van der Waals surface area contributed by atoms with Crippen LogP contribution in [0.15, 0.2) is 24.3 Å². The Hall–Kier alpha value is -0.560. The summed E-state index contributed by atoms with van der Waals surface area (Å²) in [6, 6.07) is 4.51.